The molecule has 0 atom stereocenters. The van der Waals surface area contributed by atoms with E-state index in [2.05, 4.69) is 24.5 Å². The minimum absolute atomic E-state index is 0.309. The molecule has 0 saturated heterocycles. The Hall–Kier alpha value is -1.75. The third-order valence-corrected chi connectivity index (χ3v) is 3.79. The molecular formula is C17H25ClN2O3. The smallest absolute Gasteiger partial charge is 0.239 e. The van der Waals surface area contributed by atoms with Gasteiger partial charge in [0.2, 0.25) is 11.8 Å². The van der Waals surface area contributed by atoms with Crippen molar-refractivity contribution in [3.05, 3.63) is 23.2 Å². The maximum atomic E-state index is 12.5. The first-order valence-corrected chi connectivity index (χ1v) is 7.99. The van der Waals surface area contributed by atoms with Crippen molar-refractivity contribution in [3.63, 3.8) is 0 Å². The lowest BCUT2D eigenvalue weighted by atomic mass is 9.90. The molecule has 0 fully saturated rings. The molecule has 2 N–H and O–H groups in total. The van der Waals surface area contributed by atoms with Gasteiger partial charge in [-0.05, 0) is 44.4 Å². The van der Waals surface area contributed by atoms with Gasteiger partial charge < -0.3 is 15.4 Å². The predicted octanol–water partition coefficient (Wildman–Crippen LogP) is 3.48. The van der Waals surface area contributed by atoms with Crippen LogP contribution in [0.2, 0.25) is 5.02 Å². The van der Waals surface area contributed by atoms with Crippen LogP contribution in [0.1, 0.15) is 34.1 Å². The molecule has 0 spiro atoms. The van der Waals surface area contributed by atoms with Crippen LogP contribution in [0, 0.1) is 11.3 Å². The van der Waals surface area contributed by atoms with Gasteiger partial charge in [-0.2, -0.15) is 0 Å². The number of amides is 2. The third-order valence-electron chi connectivity index (χ3n) is 3.55. The number of benzene rings is 1. The van der Waals surface area contributed by atoms with Crippen LogP contribution >= 0.6 is 11.6 Å². The molecular weight excluding hydrogens is 316 g/mol. The molecule has 5 nitrogen and oxygen atoms in total. The summed E-state index contributed by atoms with van der Waals surface area (Å²) >= 11 is 5.95. The lowest BCUT2D eigenvalue weighted by Gasteiger charge is -2.23. The summed E-state index contributed by atoms with van der Waals surface area (Å²) in [7, 11) is 1.50. The monoisotopic (exact) mass is 340 g/mol. The zero-order valence-electron chi connectivity index (χ0n) is 14.3. The van der Waals surface area contributed by atoms with Gasteiger partial charge in [-0.15, -0.1) is 0 Å². The van der Waals surface area contributed by atoms with Crippen LogP contribution in [0.4, 0.5) is 5.69 Å². The van der Waals surface area contributed by atoms with Crippen molar-refractivity contribution in [3.8, 4) is 5.75 Å². The van der Waals surface area contributed by atoms with Gasteiger partial charge in [-0.3, -0.25) is 9.59 Å². The summed E-state index contributed by atoms with van der Waals surface area (Å²) in [6.45, 7) is 7.88. The zero-order chi connectivity index (χ0) is 17.6. The number of carbonyl (C=O) groups excluding carboxylic acids is 2. The Morgan fingerprint density at radius 1 is 1.26 bits per heavy atom. The number of nitrogens with one attached hydrogen (secondary N) is 2. The molecule has 0 aromatic heterocycles. The van der Waals surface area contributed by atoms with Crippen LogP contribution in [0.5, 0.6) is 5.75 Å². The number of carbonyl (C=O) groups is 2. The van der Waals surface area contributed by atoms with Gasteiger partial charge in [0.05, 0.1) is 12.8 Å². The highest BCUT2D eigenvalue weighted by Crippen LogP contribution is 2.29. The Morgan fingerprint density at radius 2 is 1.91 bits per heavy atom. The molecule has 1 aromatic rings. The highest BCUT2D eigenvalue weighted by Gasteiger charge is 2.36. The van der Waals surface area contributed by atoms with Crippen LogP contribution in [0.25, 0.3) is 0 Å². The molecule has 6 heteroatoms. The van der Waals surface area contributed by atoms with Gasteiger partial charge in [-0.25, -0.2) is 0 Å². The lowest BCUT2D eigenvalue weighted by Crippen LogP contribution is -2.45. The number of hydrogen-bond donors (Lipinski definition) is 2. The van der Waals surface area contributed by atoms with E-state index >= 15 is 0 Å². The molecule has 0 aliphatic rings. The fourth-order valence-corrected chi connectivity index (χ4v) is 2.03. The van der Waals surface area contributed by atoms with Crippen LogP contribution in [0.3, 0.4) is 0 Å². The standard InChI is InChI=1S/C17H25ClN2O3/c1-11(2)8-9-19-15(21)17(3,4)16(22)20-13-10-12(18)6-7-14(13)23-5/h6-7,10-11H,8-9H2,1-5H3,(H,19,21)(H,20,22). The first kappa shape index (κ1) is 19.3. The highest BCUT2D eigenvalue weighted by molar-refractivity contribution is 6.31. The number of hydrogen-bond acceptors (Lipinski definition) is 3. The van der Waals surface area contributed by atoms with Crippen molar-refractivity contribution in [1.82, 2.24) is 5.32 Å². The van der Waals surface area contributed by atoms with Crippen molar-refractivity contribution >= 4 is 29.1 Å². The van der Waals surface area contributed by atoms with Gasteiger partial charge >= 0.3 is 0 Å². The Morgan fingerprint density at radius 3 is 2.48 bits per heavy atom. The molecule has 23 heavy (non-hydrogen) atoms. The third kappa shape index (κ3) is 5.43. The zero-order valence-corrected chi connectivity index (χ0v) is 15.1. The number of rotatable bonds is 7. The van der Waals surface area contributed by atoms with Crippen LogP contribution in [-0.2, 0) is 9.59 Å². The quantitative estimate of drug-likeness (QED) is 0.747. The molecule has 1 aromatic carbocycles. The van der Waals surface area contributed by atoms with Crippen LogP contribution < -0.4 is 15.4 Å². The average Bonchev–Trinajstić information content (AvgIpc) is 2.46. The van der Waals surface area contributed by atoms with Crippen molar-refractivity contribution < 1.29 is 14.3 Å². The van der Waals surface area contributed by atoms with Crippen LogP contribution in [-0.4, -0.2) is 25.5 Å². The van der Waals surface area contributed by atoms with Gasteiger partial charge in [-0.1, -0.05) is 25.4 Å². The van der Waals surface area contributed by atoms with Crippen molar-refractivity contribution in [2.24, 2.45) is 11.3 Å². The van der Waals surface area contributed by atoms with Gasteiger partial charge in [0.25, 0.3) is 0 Å². The fraction of sp³-hybridized carbons (Fsp3) is 0.529. The summed E-state index contributed by atoms with van der Waals surface area (Å²) in [5, 5.41) is 5.99. The summed E-state index contributed by atoms with van der Waals surface area (Å²) in [4.78, 5) is 24.8. The van der Waals surface area contributed by atoms with Gasteiger partial charge in [0.1, 0.15) is 11.2 Å². The summed E-state index contributed by atoms with van der Waals surface area (Å²) in [6, 6.07) is 4.92. The number of methoxy groups -OCH3 is 1. The normalized spacial score (nSPS) is 11.3. The minimum Gasteiger partial charge on any atom is -0.495 e. The Bertz CT molecular complexity index is 571. The average molecular weight is 341 g/mol. The molecule has 0 heterocycles. The van der Waals surface area contributed by atoms with Crippen molar-refractivity contribution in [2.75, 3.05) is 19.0 Å². The molecule has 2 amide bonds. The van der Waals surface area contributed by atoms with E-state index < -0.39 is 11.3 Å². The summed E-state index contributed by atoms with van der Waals surface area (Å²) in [5.74, 6) is 0.249. The second-order valence-corrected chi connectivity index (χ2v) is 6.80. The van der Waals surface area contributed by atoms with E-state index in [9.17, 15) is 9.59 Å². The van der Waals surface area contributed by atoms with E-state index in [0.717, 1.165) is 6.42 Å². The van der Waals surface area contributed by atoms with Crippen molar-refractivity contribution in [2.45, 2.75) is 34.1 Å². The predicted molar refractivity (Wildman–Crippen MR) is 92.9 cm³/mol. The second kappa shape index (κ2) is 8.20. The molecule has 0 saturated carbocycles. The molecule has 0 unspecified atom stereocenters. The van der Waals surface area contributed by atoms with E-state index in [-0.39, 0.29) is 5.91 Å². The van der Waals surface area contributed by atoms with Gasteiger partial charge in [0.15, 0.2) is 0 Å². The first-order valence-electron chi connectivity index (χ1n) is 7.61. The minimum atomic E-state index is -1.20. The number of anilines is 1. The van der Waals surface area contributed by atoms with E-state index in [1.165, 1.54) is 7.11 Å². The summed E-state index contributed by atoms with van der Waals surface area (Å²) in [5.41, 5.74) is -0.766. The Balaban J connectivity index is 2.79. The molecule has 0 radical (unpaired) electrons. The summed E-state index contributed by atoms with van der Waals surface area (Å²) < 4.78 is 5.19. The Kier molecular flexibility index (Phi) is 6.88. The molecule has 128 valence electrons. The number of ether oxygens (including phenoxy) is 1. The maximum Gasteiger partial charge on any atom is 0.239 e. The highest BCUT2D eigenvalue weighted by atomic mass is 35.5. The van der Waals surface area contributed by atoms with Crippen molar-refractivity contribution in [1.29, 1.82) is 0 Å². The number of halogens is 1. The fourth-order valence-electron chi connectivity index (χ4n) is 1.85. The first-order chi connectivity index (χ1) is 10.7. The molecule has 0 bridgehead atoms. The molecule has 1 rings (SSSR count). The molecule has 0 aliphatic carbocycles. The maximum absolute atomic E-state index is 12.5. The Labute approximate surface area is 142 Å². The topological polar surface area (TPSA) is 67.4 Å². The lowest BCUT2D eigenvalue weighted by molar-refractivity contribution is -0.138. The van der Waals surface area contributed by atoms with Gasteiger partial charge in [0, 0.05) is 11.6 Å². The molecule has 0 aliphatic heterocycles. The SMILES string of the molecule is COc1ccc(Cl)cc1NC(=O)C(C)(C)C(=O)NCCC(C)C. The summed E-state index contributed by atoms with van der Waals surface area (Å²) in [6.07, 6.45) is 0.867. The van der Waals surface area contributed by atoms with Crippen LogP contribution in [0.15, 0.2) is 18.2 Å². The van der Waals surface area contributed by atoms with E-state index in [1.807, 2.05) is 0 Å². The van der Waals surface area contributed by atoms with E-state index in [1.54, 1.807) is 32.0 Å². The largest absolute Gasteiger partial charge is 0.495 e. The van der Waals surface area contributed by atoms with E-state index in [0.29, 0.717) is 28.9 Å². The van der Waals surface area contributed by atoms with E-state index in [4.69, 9.17) is 16.3 Å². The second-order valence-electron chi connectivity index (χ2n) is 6.36.